The maximum Gasteiger partial charge on any atom is 0.223 e. The van der Waals surface area contributed by atoms with E-state index in [0.717, 1.165) is 18.4 Å². The van der Waals surface area contributed by atoms with Crippen molar-refractivity contribution in [1.29, 1.82) is 0 Å². The van der Waals surface area contributed by atoms with E-state index in [0.29, 0.717) is 18.7 Å². The molecule has 4 heteroatoms. The van der Waals surface area contributed by atoms with Crippen molar-refractivity contribution in [2.75, 3.05) is 13.1 Å². The number of likely N-dealkylation sites (tertiary alicyclic amines) is 1. The van der Waals surface area contributed by atoms with Crippen molar-refractivity contribution in [1.82, 2.24) is 4.90 Å². The molecular weight excluding hydrogens is 278 g/mol. The Morgan fingerprint density at radius 3 is 2.18 bits per heavy atom. The smallest absolute Gasteiger partial charge is 0.223 e. The van der Waals surface area contributed by atoms with Gasteiger partial charge >= 0.3 is 0 Å². The number of aryl methyl sites for hydroxylation is 1. The molecule has 2 rings (SSSR count). The van der Waals surface area contributed by atoms with Crippen molar-refractivity contribution in [3.8, 4) is 0 Å². The summed E-state index contributed by atoms with van der Waals surface area (Å²) in [6.07, 6.45) is 1.98. The van der Waals surface area contributed by atoms with Crippen molar-refractivity contribution in [3.63, 3.8) is 0 Å². The number of hydrogen-bond donors (Lipinski definition) is 0. The zero-order valence-electron chi connectivity index (χ0n) is 13.3. The van der Waals surface area contributed by atoms with Gasteiger partial charge in [0.25, 0.3) is 0 Å². The summed E-state index contributed by atoms with van der Waals surface area (Å²) in [6, 6.07) is 7.42. The predicted molar refractivity (Wildman–Crippen MR) is 84.7 cm³/mol. The average molecular weight is 301 g/mol. The number of amides is 1. The minimum Gasteiger partial charge on any atom is -0.343 e. The highest BCUT2D eigenvalue weighted by atomic mass is 16.2. The Bertz CT molecular complexity index is 554. The number of Topliss-reactive ketones (excluding diaryl/α,β-unsaturated/α-hetero) is 2. The zero-order chi connectivity index (χ0) is 16.1. The second kappa shape index (κ2) is 7.34. The van der Waals surface area contributed by atoms with Crippen LogP contribution in [0.2, 0.25) is 0 Å². The van der Waals surface area contributed by atoms with Crippen LogP contribution in [-0.4, -0.2) is 35.5 Å². The molecule has 0 aromatic heterocycles. The molecule has 4 nitrogen and oxygen atoms in total. The van der Waals surface area contributed by atoms with Crippen LogP contribution in [0.3, 0.4) is 0 Å². The van der Waals surface area contributed by atoms with Crippen LogP contribution in [0, 0.1) is 12.8 Å². The van der Waals surface area contributed by atoms with Crippen molar-refractivity contribution < 1.29 is 14.4 Å². The molecule has 0 aliphatic carbocycles. The molecule has 1 saturated heterocycles. The first kappa shape index (κ1) is 16.4. The Balaban J connectivity index is 1.79. The number of carbonyl (C=O) groups is 3. The van der Waals surface area contributed by atoms with Crippen LogP contribution in [0.4, 0.5) is 0 Å². The lowest BCUT2D eigenvalue weighted by Crippen LogP contribution is -2.40. The van der Waals surface area contributed by atoms with Crippen LogP contribution in [0.25, 0.3) is 0 Å². The monoisotopic (exact) mass is 301 g/mol. The van der Waals surface area contributed by atoms with Crippen LogP contribution in [-0.2, 0) is 9.59 Å². The van der Waals surface area contributed by atoms with Crippen molar-refractivity contribution in [3.05, 3.63) is 35.4 Å². The largest absolute Gasteiger partial charge is 0.343 e. The standard InChI is InChI=1S/C18H23NO3/c1-13-3-5-16(6-4-13)17(21)7-8-18(22)19-11-9-15(10-12-19)14(2)20/h3-6,15H,7-12H2,1-2H3. The van der Waals surface area contributed by atoms with E-state index in [4.69, 9.17) is 0 Å². The minimum atomic E-state index is 0.00646. The topological polar surface area (TPSA) is 54.5 Å². The number of benzene rings is 1. The van der Waals surface area contributed by atoms with E-state index in [1.54, 1.807) is 24.0 Å². The molecule has 118 valence electrons. The van der Waals surface area contributed by atoms with Gasteiger partial charge in [0, 0.05) is 37.4 Å². The lowest BCUT2D eigenvalue weighted by molar-refractivity contribution is -0.134. The maximum absolute atomic E-state index is 12.2. The Kier molecular flexibility index (Phi) is 5.47. The molecule has 1 heterocycles. The van der Waals surface area contributed by atoms with Gasteiger partial charge in [-0.2, -0.15) is 0 Å². The van der Waals surface area contributed by atoms with Crippen LogP contribution in [0.5, 0.6) is 0 Å². The van der Waals surface area contributed by atoms with Crippen LogP contribution in [0.1, 0.15) is 48.5 Å². The summed E-state index contributed by atoms with van der Waals surface area (Å²) >= 11 is 0. The Labute approximate surface area is 131 Å². The number of carbonyl (C=O) groups excluding carboxylic acids is 3. The second-order valence-corrected chi connectivity index (χ2v) is 6.05. The van der Waals surface area contributed by atoms with Gasteiger partial charge in [0.2, 0.25) is 5.91 Å². The van der Waals surface area contributed by atoms with Gasteiger partial charge in [-0.1, -0.05) is 29.8 Å². The third-order valence-electron chi connectivity index (χ3n) is 4.36. The number of piperidine rings is 1. The lowest BCUT2D eigenvalue weighted by atomic mass is 9.93. The molecule has 1 aromatic rings. The predicted octanol–water partition coefficient (Wildman–Crippen LogP) is 2.79. The normalized spacial score (nSPS) is 15.6. The highest BCUT2D eigenvalue weighted by Gasteiger charge is 2.25. The molecule has 1 aromatic carbocycles. The summed E-state index contributed by atoms with van der Waals surface area (Å²) < 4.78 is 0. The first-order valence-corrected chi connectivity index (χ1v) is 7.85. The maximum atomic E-state index is 12.2. The summed E-state index contributed by atoms with van der Waals surface area (Å²) in [6.45, 7) is 4.84. The fourth-order valence-corrected chi connectivity index (χ4v) is 2.80. The molecule has 1 aliphatic rings. The molecule has 0 radical (unpaired) electrons. The van der Waals surface area contributed by atoms with Crippen LogP contribution in [0.15, 0.2) is 24.3 Å². The van der Waals surface area contributed by atoms with Gasteiger partial charge in [-0.25, -0.2) is 0 Å². The Morgan fingerprint density at radius 2 is 1.64 bits per heavy atom. The third kappa shape index (κ3) is 4.26. The fourth-order valence-electron chi connectivity index (χ4n) is 2.80. The lowest BCUT2D eigenvalue weighted by Gasteiger charge is -2.30. The summed E-state index contributed by atoms with van der Waals surface area (Å²) in [5.41, 5.74) is 1.77. The van der Waals surface area contributed by atoms with Gasteiger partial charge in [0.15, 0.2) is 5.78 Å². The van der Waals surface area contributed by atoms with Gasteiger partial charge in [-0.15, -0.1) is 0 Å². The molecule has 0 saturated carbocycles. The molecule has 1 fully saturated rings. The van der Waals surface area contributed by atoms with Gasteiger partial charge in [0.05, 0.1) is 0 Å². The van der Waals surface area contributed by atoms with Crippen molar-refractivity contribution in [2.45, 2.75) is 39.5 Å². The van der Waals surface area contributed by atoms with Gasteiger partial charge < -0.3 is 4.90 Å². The first-order valence-electron chi connectivity index (χ1n) is 7.85. The fraction of sp³-hybridized carbons (Fsp3) is 0.500. The summed E-state index contributed by atoms with van der Waals surface area (Å²) in [7, 11) is 0. The second-order valence-electron chi connectivity index (χ2n) is 6.05. The molecule has 22 heavy (non-hydrogen) atoms. The number of nitrogens with zero attached hydrogens (tertiary/aromatic N) is 1. The molecule has 1 aliphatic heterocycles. The van der Waals surface area contributed by atoms with E-state index in [1.165, 1.54) is 0 Å². The summed E-state index contributed by atoms with van der Waals surface area (Å²) in [4.78, 5) is 37.3. The molecular formula is C18H23NO3. The van der Waals surface area contributed by atoms with Gasteiger partial charge in [0.1, 0.15) is 5.78 Å². The van der Waals surface area contributed by atoms with E-state index in [-0.39, 0.29) is 36.2 Å². The molecule has 1 amide bonds. The number of hydrogen-bond acceptors (Lipinski definition) is 3. The van der Waals surface area contributed by atoms with E-state index < -0.39 is 0 Å². The summed E-state index contributed by atoms with van der Waals surface area (Å²) in [5, 5.41) is 0. The van der Waals surface area contributed by atoms with E-state index in [1.807, 2.05) is 19.1 Å². The number of rotatable bonds is 5. The summed E-state index contributed by atoms with van der Waals surface area (Å²) in [5.74, 6) is 0.328. The van der Waals surface area contributed by atoms with E-state index in [2.05, 4.69) is 0 Å². The highest BCUT2D eigenvalue weighted by molar-refractivity contribution is 5.98. The SMILES string of the molecule is CC(=O)C1CCN(C(=O)CCC(=O)c2ccc(C)cc2)CC1. The van der Waals surface area contributed by atoms with E-state index in [9.17, 15) is 14.4 Å². The van der Waals surface area contributed by atoms with Crippen LogP contribution >= 0.6 is 0 Å². The van der Waals surface area contributed by atoms with Crippen LogP contribution < -0.4 is 0 Å². The average Bonchev–Trinajstić information content (AvgIpc) is 2.53. The number of ketones is 2. The highest BCUT2D eigenvalue weighted by Crippen LogP contribution is 2.19. The molecule has 0 atom stereocenters. The zero-order valence-corrected chi connectivity index (χ0v) is 13.3. The van der Waals surface area contributed by atoms with Gasteiger partial charge in [-0.05, 0) is 26.7 Å². The molecule has 0 N–H and O–H groups in total. The van der Waals surface area contributed by atoms with Gasteiger partial charge in [-0.3, -0.25) is 14.4 Å². The Morgan fingerprint density at radius 1 is 1.05 bits per heavy atom. The minimum absolute atomic E-state index is 0.00646. The molecule has 0 bridgehead atoms. The van der Waals surface area contributed by atoms with E-state index >= 15 is 0 Å². The molecule has 0 unspecified atom stereocenters. The Hall–Kier alpha value is -1.97. The van der Waals surface area contributed by atoms with Crippen molar-refractivity contribution in [2.24, 2.45) is 5.92 Å². The quantitative estimate of drug-likeness (QED) is 0.786. The first-order chi connectivity index (χ1) is 10.5. The molecule has 0 spiro atoms. The van der Waals surface area contributed by atoms with Crippen molar-refractivity contribution >= 4 is 17.5 Å². The third-order valence-corrected chi connectivity index (χ3v) is 4.36.